The van der Waals surface area contributed by atoms with E-state index in [2.05, 4.69) is 5.32 Å². The largest absolute Gasteiger partial charge is 0.357 e. The van der Waals surface area contributed by atoms with Gasteiger partial charge >= 0.3 is 10.2 Å². The van der Waals surface area contributed by atoms with Crippen molar-refractivity contribution in [2.45, 2.75) is 19.0 Å². The number of halogens is 3. The number of benzene rings is 3. The number of hydrogen-bond donors (Lipinski definition) is 1. The van der Waals surface area contributed by atoms with Crippen molar-refractivity contribution in [2.75, 3.05) is 32.0 Å². The molecule has 3 rings (SSSR count). The first-order valence-corrected chi connectivity index (χ1v) is 14.0. The molecule has 0 bridgehead atoms. The van der Waals surface area contributed by atoms with Crippen LogP contribution in [0.4, 0.5) is 10.1 Å². The number of likely N-dealkylation sites (N-methyl/N-ethyl adjacent to an activating group) is 1. The van der Waals surface area contributed by atoms with Gasteiger partial charge < -0.3 is 10.2 Å². The molecule has 0 heterocycles. The van der Waals surface area contributed by atoms with Gasteiger partial charge in [-0.3, -0.25) is 9.59 Å². The van der Waals surface area contributed by atoms with Crippen molar-refractivity contribution in [1.29, 1.82) is 0 Å². The zero-order valence-electron chi connectivity index (χ0n) is 21.6. The number of anilines is 1. The summed E-state index contributed by atoms with van der Waals surface area (Å²) < 4.78 is 42.0. The normalized spacial score (nSPS) is 12.2. The lowest BCUT2D eigenvalue weighted by Gasteiger charge is -2.34. The van der Waals surface area contributed by atoms with Gasteiger partial charge in [0.1, 0.15) is 18.4 Å². The number of hydrogen-bond acceptors (Lipinski definition) is 4. The standard InChI is InChI=1S/C27H29Cl2FN4O4S/c1-31-27(36)25(16-19-8-5-4-6-9-19)33(17-22-23(28)10-7-11-24(22)29)26(35)18-34(39(37,38)32(2)3)21-14-12-20(30)13-15-21/h4-15,25H,16-18H2,1-3H3,(H,31,36)/t25-/m0/s1. The van der Waals surface area contributed by atoms with Crippen molar-refractivity contribution in [3.05, 3.63) is 99.8 Å². The van der Waals surface area contributed by atoms with Gasteiger partial charge in [0.05, 0.1) is 5.69 Å². The lowest BCUT2D eigenvalue weighted by atomic mass is 10.0. The minimum absolute atomic E-state index is 0.0775. The SMILES string of the molecule is CNC(=O)[C@H](Cc1ccccc1)N(Cc1c(Cl)cccc1Cl)C(=O)CN(c1ccc(F)cc1)S(=O)(=O)N(C)C. The van der Waals surface area contributed by atoms with Crippen LogP contribution in [0.1, 0.15) is 11.1 Å². The Morgan fingerprint density at radius 3 is 2.05 bits per heavy atom. The van der Waals surface area contributed by atoms with Gasteiger partial charge in [-0.25, -0.2) is 8.70 Å². The molecule has 1 N–H and O–H groups in total. The molecule has 0 aliphatic carbocycles. The minimum atomic E-state index is -4.19. The first-order chi connectivity index (χ1) is 18.4. The number of nitrogens with zero attached hydrogens (tertiary/aromatic N) is 3. The van der Waals surface area contributed by atoms with E-state index in [1.165, 1.54) is 38.2 Å². The quantitative estimate of drug-likeness (QED) is 0.361. The molecule has 12 heteroatoms. The lowest BCUT2D eigenvalue weighted by molar-refractivity contribution is -0.139. The highest BCUT2D eigenvalue weighted by molar-refractivity contribution is 7.90. The fourth-order valence-electron chi connectivity index (χ4n) is 3.90. The summed E-state index contributed by atoms with van der Waals surface area (Å²) in [6.07, 6.45) is 0.144. The van der Waals surface area contributed by atoms with Gasteiger partial charge in [0, 0.05) is 49.7 Å². The van der Waals surface area contributed by atoms with E-state index in [0.717, 1.165) is 26.3 Å². The van der Waals surface area contributed by atoms with Crippen molar-refractivity contribution >= 4 is 50.9 Å². The van der Waals surface area contributed by atoms with Crippen LogP contribution in [0.25, 0.3) is 0 Å². The van der Waals surface area contributed by atoms with Crippen LogP contribution in [0.2, 0.25) is 10.0 Å². The maximum Gasteiger partial charge on any atom is 0.304 e. The van der Waals surface area contributed by atoms with E-state index in [4.69, 9.17) is 23.2 Å². The van der Waals surface area contributed by atoms with E-state index in [1.807, 2.05) is 30.3 Å². The summed E-state index contributed by atoms with van der Waals surface area (Å²) in [5.74, 6) is -1.71. The number of carbonyl (C=O) groups excluding carboxylic acids is 2. The fourth-order valence-corrected chi connectivity index (χ4v) is 5.47. The van der Waals surface area contributed by atoms with Gasteiger partial charge in [0.25, 0.3) is 0 Å². The number of carbonyl (C=O) groups is 2. The van der Waals surface area contributed by atoms with E-state index < -0.39 is 40.4 Å². The van der Waals surface area contributed by atoms with Gasteiger partial charge in [0.2, 0.25) is 11.8 Å². The Morgan fingerprint density at radius 1 is 0.923 bits per heavy atom. The summed E-state index contributed by atoms with van der Waals surface area (Å²) >= 11 is 12.8. The van der Waals surface area contributed by atoms with Crippen LogP contribution in [0.3, 0.4) is 0 Å². The topological polar surface area (TPSA) is 90.0 Å². The molecule has 0 unspecified atom stereocenters. The highest BCUT2D eigenvalue weighted by atomic mass is 35.5. The minimum Gasteiger partial charge on any atom is -0.357 e. The van der Waals surface area contributed by atoms with Crippen molar-refractivity contribution < 1.29 is 22.4 Å². The maximum atomic E-state index is 14.0. The van der Waals surface area contributed by atoms with Crippen LogP contribution >= 0.6 is 23.2 Å². The van der Waals surface area contributed by atoms with Crippen molar-refractivity contribution in [1.82, 2.24) is 14.5 Å². The third-order valence-electron chi connectivity index (χ3n) is 6.04. The lowest BCUT2D eigenvalue weighted by Crippen LogP contribution is -2.54. The molecule has 3 aromatic rings. The van der Waals surface area contributed by atoms with Gasteiger partial charge in [-0.1, -0.05) is 59.6 Å². The third-order valence-corrected chi connectivity index (χ3v) is 8.57. The molecule has 0 saturated heterocycles. The van der Waals surface area contributed by atoms with Crippen LogP contribution in [-0.4, -0.2) is 63.2 Å². The smallest absolute Gasteiger partial charge is 0.304 e. The summed E-state index contributed by atoms with van der Waals surface area (Å²) in [5.41, 5.74) is 1.26. The van der Waals surface area contributed by atoms with E-state index >= 15 is 0 Å². The van der Waals surface area contributed by atoms with Gasteiger partial charge in [-0.15, -0.1) is 0 Å². The Bertz CT molecular complexity index is 1390. The van der Waals surface area contributed by atoms with Crippen LogP contribution in [-0.2, 0) is 32.8 Å². The second kappa shape index (κ2) is 13.3. The second-order valence-electron chi connectivity index (χ2n) is 8.81. The summed E-state index contributed by atoms with van der Waals surface area (Å²) in [7, 11) is -0.0983. The van der Waals surface area contributed by atoms with Crippen LogP contribution in [0.15, 0.2) is 72.8 Å². The first kappa shape index (κ1) is 30.4. The average molecular weight is 596 g/mol. The second-order valence-corrected chi connectivity index (χ2v) is 11.7. The van der Waals surface area contributed by atoms with Crippen molar-refractivity contribution in [2.24, 2.45) is 0 Å². The Kier molecular flexibility index (Phi) is 10.3. The van der Waals surface area contributed by atoms with E-state index in [-0.39, 0.29) is 28.7 Å². The Hall–Kier alpha value is -3.18. The third kappa shape index (κ3) is 7.48. The highest BCUT2D eigenvalue weighted by Crippen LogP contribution is 2.28. The molecule has 0 aliphatic heterocycles. The molecule has 0 aliphatic rings. The number of amides is 2. The van der Waals surface area contributed by atoms with Crippen molar-refractivity contribution in [3.8, 4) is 0 Å². The molecule has 0 spiro atoms. The zero-order chi connectivity index (χ0) is 28.7. The molecule has 0 saturated carbocycles. The summed E-state index contributed by atoms with van der Waals surface area (Å²) in [6, 6.07) is 17.7. The molecule has 2 amide bonds. The zero-order valence-corrected chi connectivity index (χ0v) is 24.0. The highest BCUT2D eigenvalue weighted by Gasteiger charge is 2.35. The summed E-state index contributed by atoms with van der Waals surface area (Å²) in [6.45, 7) is -0.835. The summed E-state index contributed by atoms with van der Waals surface area (Å²) in [4.78, 5) is 28.4. The Labute approximate surface area is 238 Å². The molecule has 1 atom stereocenters. The summed E-state index contributed by atoms with van der Waals surface area (Å²) in [5, 5.41) is 3.16. The fraction of sp³-hybridized carbons (Fsp3) is 0.259. The molecular weight excluding hydrogens is 566 g/mol. The van der Waals surface area contributed by atoms with Crippen LogP contribution < -0.4 is 9.62 Å². The molecule has 39 heavy (non-hydrogen) atoms. The Balaban J connectivity index is 2.10. The molecule has 208 valence electrons. The van der Waals surface area contributed by atoms with E-state index in [0.29, 0.717) is 5.56 Å². The van der Waals surface area contributed by atoms with E-state index in [9.17, 15) is 22.4 Å². The van der Waals surface area contributed by atoms with Gasteiger partial charge in [-0.05, 0) is 42.0 Å². The molecule has 0 radical (unpaired) electrons. The van der Waals surface area contributed by atoms with E-state index in [1.54, 1.807) is 18.2 Å². The molecular formula is C27H29Cl2FN4O4S. The monoisotopic (exact) mass is 594 g/mol. The van der Waals surface area contributed by atoms with Gasteiger partial charge in [0.15, 0.2) is 0 Å². The first-order valence-electron chi connectivity index (χ1n) is 11.9. The van der Waals surface area contributed by atoms with Crippen molar-refractivity contribution in [3.63, 3.8) is 0 Å². The average Bonchev–Trinajstić information content (AvgIpc) is 2.91. The molecule has 0 fully saturated rings. The molecule has 8 nitrogen and oxygen atoms in total. The number of rotatable bonds is 11. The molecule has 3 aromatic carbocycles. The molecule has 0 aromatic heterocycles. The Morgan fingerprint density at radius 2 is 1.51 bits per heavy atom. The van der Waals surface area contributed by atoms with Crippen LogP contribution in [0.5, 0.6) is 0 Å². The number of nitrogens with one attached hydrogen (secondary N) is 1. The maximum absolute atomic E-state index is 14.0. The predicted molar refractivity (Wildman–Crippen MR) is 151 cm³/mol. The van der Waals surface area contributed by atoms with Gasteiger partial charge in [-0.2, -0.15) is 12.7 Å². The van der Waals surface area contributed by atoms with Crippen LogP contribution in [0, 0.1) is 5.82 Å². The predicted octanol–water partition coefficient (Wildman–Crippen LogP) is 4.13.